The number of hydrogen-bond donors (Lipinski definition) is 0. The van der Waals surface area contributed by atoms with Crippen molar-refractivity contribution in [3.05, 3.63) is 0 Å². The predicted octanol–water partition coefficient (Wildman–Crippen LogP) is 6.30. The van der Waals surface area contributed by atoms with Crippen LogP contribution in [0.1, 0.15) is 88.0 Å². The second kappa shape index (κ2) is 5.76. The van der Waals surface area contributed by atoms with Gasteiger partial charge in [0.05, 0.1) is 0 Å². The van der Waals surface area contributed by atoms with Crippen molar-refractivity contribution in [3.63, 3.8) is 0 Å². The second-order valence-corrected chi connectivity index (χ2v) is 7.35. The first-order valence-corrected chi connectivity index (χ1v) is 7.60. The molecule has 17 heavy (non-hydrogen) atoms. The fraction of sp³-hybridized carbons (Fsp3) is 1.00. The van der Waals surface area contributed by atoms with Crippen molar-refractivity contribution in [2.45, 2.75) is 88.0 Å². The van der Waals surface area contributed by atoms with Crippen LogP contribution in [0.3, 0.4) is 0 Å². The Kier molecular flexibility index (Phi) is 5.76. The minimum atomic E-state index is 0.398. The molecule has 0 heteroatoms. The molecule has 0 aliphatic rings. The van der Waals surface area contributed by atoms with E-state index in [0.717, 1.165) is 5.92 Å². The van der Waals surface area contributed by atoms with Gasteiger partial charge in [-0.1, -0.05) is 75.2 Å². The maximum Gasteiger partial charge on any atom is -0.0223 e. The lowest BCUT2D eigenvalue weighted by atomic mass is 9.48. The third kappa shape index (κ3) is 2.88. The number of hydrogen-bond acceptors (Lipinski definition) is 0. The van der Waals surface area contributed by atoms with Gasteiger partial charge in [-0.3, -0.25) is 0 Å². The third-order valence-corrected chi connectivity index (χ3v) is 6.34. The van der Waals surface area contributed by atoms with Crippen LogP contribution in [0.15, 0.2) is 0 Å². The molecule has 0 spiro atoms. The Labute approximate surface area is 111 Å². The van der Waals surface area contributed by atoms with Crippen molar-refractivity contribution in [3.8, 4) is 0 Å². The molecule has 0 saturated carbocycles. The van der Waals surface area contributed by atoms with E-state index in [0.29, 0.717) is 16.2 Å². The molecule has 0 fully saturated rings. The lowest BCUT2D eigenvalue weighted by molar-refractivity contribution is -0.0771. The molecule has 0 rings (SSSR count). The van der Waals surface area contributed by atoms with E-state index in [2.05, 4.69) is 62.3 Å². The topological polar surface area (TPSA) is 0 Å². The van der Waals surface area contributed by atoms with E-state index < -0.39 is 0 Å². The summed E-state index contributed by atoms with van der Waals surface area (Å²) in [6.45, 7) is 21.9. The molecule has 0 saturated heterocycles. The minimum absolute atomic E-state index is 0.398. The Balaban J connectivity index is 5.40. The average molecular weight is 240 g/mol. The highest BCUT2D eigenvalue weighted by Crippen LogP contribution is 2.59. The third-order valence-electron chi connectivity index (χ3n) is 6.34. The molecule has 0 nitrogen and oxygen atoms in total. The fourth-order valence-corrected chi connectivity index (χ4v) is 3.76. The SMILES string of the molecule is CCCC(C)(C)C(C)(CC)C(C)(C)C(C)CC. The van der Waals surface area contributed by atoms with Gasteiger partial charge < -0.3 is 0 Å². The van der Waals surface area contributed by atoms with Crippen LogP contribution >= 0.6 is 0 Å². The molecule has 0 aliphatic carbocycles. The van der Waals surface area contributed by atoms with Crippen molar-refractivity contribution in [2.75, 3.05) is 0 Å². The van der Waals surface area contributed by atoms with Crippen LogP contribution in [-0.4, -0.2) is 0 Å². The van der Waals surface area contributed by atoms with Crippen LogP contribution in [0.25, 0.3) is 0 Å². The average Bonchev–Trinajstić information content (AvgIpc) is 2.25. The quantitative estimate of drug-likeness (QED) is 0.490. The van der Waals surface area contributed by atoms with E-state index in [4.69, 9.17) is 0 Å². The summed E-state index contributed by atoms with van der Waals surface area (Å²) in [4.78, 5) is 0. The van der Waals surface area contributed by atoms with Crippen LogP contribution in [0.5, 0.6) is 0 Å². The molecule has 0 aromatic heterocycles. The van der Waals surface area contributed by atoms with Crippen molar-refractivity contribution in [2.24, 2.45) is 22.2 Å². The molecule has 0 aliphatic heterocycles. The highest BCUT2D eigenvalue weighted by molar-refractivity contribution is 5.00. The maximum absolute atomic E-state index is 2.52. The Bertz CT molecular complexity index is 224. The lowest BCUT2D eigenvalue weighted by Gasteiger charge is -2.57. The smallest absolute Gasteiger partial charge is 0.0223 e. The van der Waals surface area contributed by atoms with Crippen LogP contribution in [0, 0.1) is 22.2 Å². The summed E-state index contributed by atoms with van der Waals surface area (Å²) in [6.07, 6.45) is 5.18. The molecule has 0 aromatic carbocycles. The van der Waals surface area contributed by atoms with Gasteiger partial charge in [-0.25, -0.2) is 0 Å². The first-order chi connectivity index (χ1) is 7.60. The van der Waals surface area contributed by atoms with Gasteiger partial charge >= 0.3 is 0 Å². The summed E-state index contributed by atoms with van der Waals surface area (Å²) in [6, 6.07) is 0. The van der Waals surface area contributed by atoms with E-state index in [1.165, 1.54) is 25.7 Å². The Hall–Kier alpha value is 0. The van der Waals surface area contributed by atoms with Crippen molar-refractivity contribution >= 4 is 0 Å². The number of rotatable bonds is 7. The van der Waals surface area contributed by atoms with E-state index in [1.807, 2.05) is 0 Å². The summed E-state index contributed by atoms with van der Waals surface area (Å²) >= 11 is 0. The Morgan fingerprint density at radius 2 is 1.35 bits per heavy atom. The summed E-state index contributed by atoms with van der Waals surface area (Å²) in [5.41, 5.74) is 1.23. The van der Waals surface area contributed by atoms with Gasteiger partial charge in [0, 0.05) is 0 Å². The Morgan fingerprint density at radius 3 is 1.65 bits per heavy atom. The zero-order valence-electron chi connectivity index (χ0n) is 13.9. The van der Waals surface area contributed by atoms with Gasteiger partial charge in [-0.2, -0.15) is 0 Å². The molecular formula is C17H36. The molecule has 2 unspecified atom stereocenters. The first kappa shape index (κ1) is 17.0. The van der Waals surface area contributed by atoms with E-state index in [9.17, 15) is 0 Å². The standard InChI is InChI=1S/C17H36/c1-10-13-15(5,6)17(9,12-3)16(7,8)14(4)11-2/h14H,10-13H2,1-9H3. The predicted molar refractivity (Wildman–Crippen MR) is 80.3 cm³/mol. The van der Waals surface area contributed by atoms with Gasteiger partial charge in [0.2, 0.25) is 0 Å². The zero-order valence-corrected chi connectivity index (χ0v) is 13.9. The van der Waals surface area contributed by atoms with Crippen molar-refractivity contribution in [1.29, 1.82) is 0 Å². The van der Waals surface area contributed by atoms with Crippen LogP contribution in [-0.2, 0) is 0 Å². The Morgan fingerprint density at radius 1 is 0.882 bits per heavy atom. The first-order valence-electron chi connectivity index (χ1n) is 7.60. The van der Waals surface area contributed by atoms with E-state index >= 15 is 0 Å². The molecule has 0 N–H and O–H groups in total. The monoisotopic (exact) mass is 240 g/mol. The molecular weight excluding hydrogens is 204 g/mol. The van der Waals surface area contributed by atoms with Gasteiger partial charge in [0.25, 0.3) is 0 Å². The second-order valence-electron chi connectivity index (χ2n) is 7.35. The van der Waals surface area contributed by atoms with Crippen LogP contribution < -0.4 is 0 Å². The lowest BCUT2D eigenvalue weighted by Crippen LogP contribution is -2.49. The van der Waals surface area contributed by atoms with Crippen LogP contribution in [0.2, 0.25) is 0 Å². The van der Waals surface area contributed by atoms with Gasteiger partial charge in [-0.15, -0.1) is 0 Å². The fourth-order valence-electron chi connectivity index (χ4n) is 3.76. The summed E-state index contributed by atoms with van der Waals surface area (Å²) < 4.78 is 0. The highest BCUT2D eigenvalue weighted by Gasteiger charge is 2.50. The summed E-state index contributed by atoms with van der Waals surface area (Å²) in [5, 5.41) is 0. The maximum atomic E-state index is 2.52. The minimum Gasteiger partial charge on any atom is -0.0654 e. The van der Waals surface area contributed by atoms with Crippen molar-refractivity contribution in [1.82, 2.24) is 0 Å². The molecule has 0 heterocycles. The molecule has 0 amide bonds. The highest BCUT2D eigenvalue weighted by atomic mass is 14.6. The van der Waals surface area contributed by atoms with Gasteiger partial charge in [0.1, 0.15) is 0 Å². The van der Waals surface area contributed by atoms with Gasteiger partial charge in [0.15, 0.2) is 0 Å². The molecule has 0 radical (unpaired) electrons. The van der Waals surface area contributed by atoms with Gasteiger partial charge in [-0.05, 0) is 35.0 Å². The normalized spacial score (nSPS) is 18.9. The van der Waals surface area contributed by atoms with E-state index in [1.54, 1.807) is 0 Å². The molecule has 2 atom stereocenters. The summed E-state index contributed by atoms with van der Waals surface area (Å²) in [5.74, 6) is 0.781. The van der Waals surface area contributed by atoms with Crippen molar-refractivity contribution < 1.29 is 0 Å². The zero-order chi connectivity index (χ0) is 13.9. The summed E-state index contributed by atoms with van der Waals surface area (Å²) in [7, 11) is 0. The molecule has 0 bridgehead atoms. The largest absolute Gasteiger partial charge is 0.0654 e. The molecule has 0 aromatic rings. The van der Waals surface area contributed by atoms with E-state index in [-0.39, 0.29) is 0 Å². The molecule has 104 valence electrons. The van der Waals surface area contributed by atoms with Crippen LogP contribution in [0.4, 0.5) is 0 Å².